The van der Waals surface area contributed by atoms with Crippen LogP contribution >= 0.6 is 11.8 Å². The van der Waals surface area contributed by atoms with E-state index in [1.54, 1.807) is 7.11 Å². The van der Waals surface area contributed by atoms with Crippen molar-refractivity contribution in [1.29, 1.82) is 0 Å². The summed E-state index contributed by atoms with van der Waals surface area (Å²) >= 11 is 1.81. The number of hydrogen-bond acceptors (Lipinski definition) is 14. The third-order valence-electron chi connectivity index (χ3n) is 16.9. The summed E-state index contributed by atoms with van der Waals surface area (Å²) in [6.45, 7) is 9.65. The minimum atomic E-state index is -2.29. The van der Waals surface area contributed by atoms with Crippen molar-refractivity contribution in [3.63, 3.8) is 0 Å². The maximum atomic E-state index is 15.6. The number of likely N-dealkylation sites (tertiary alicyclic amines) is 1. The first kappa shape index (κ1) is 46.4. The number of aliphatic hydroxyl groups is 2. The third kappa shape index (κ3) is 6.75. The molecule has 2 bridgehead atoms. The Morgan fingerprint density at radius 3 is 2.45 bits per heavy atom. The van der Waals surface area contributed by atoms with Crippen LogP contribution in [0.4, 0.5) is 0 Å². The molecule has 12 atom stereocenters. The zero-order chi connectivity index (χ0) is 46.4. The second-order valence-electron chi connectivity index (χ2n) is 20.4. The number of esters is 3. The highest BCUT2D eigenvalue weighted by atomic mass is 32.2. The number of nitrogens with one attached hydrogen (secondary N) is 1. The van der Waals surface area contributed by atoms with Crippen LogP contribution in [0.25, 0.3) is 10.9 Å². The second-order valence-corrected chi connectivity index (χ2v) is 21.5. The lowest BCUT2D eigenvalue weighted by Gasteiger charge is -2.63. The highest BCUT2D eigenvalue weighted by Crippen LogP contribution is 2.70. The monoisotopic (exact) mass is 915 g/mol. The van der Waals surface area contributed by atoms with Crippen LogP contribution in [0.2, 0.25) is 0 Å². The summed E-state index contributed by atoms with van der Waals surface area (Å²) in [6.07, 6.45) is 9.75. The molecule has 4 fully saturated rings. The number of likely N-dealkylation sites (N-methyl/N-ethyl adjacent to an activating group) is 1. The summed E-state index contributed by atoms with van der Waals surface area (Å²) in [5, 5.41) is 26.7. The molecule has 3 N–H and O–H groups in total. The molecule has 7 aliphatic rings. The number of thioether (sulfide) groups is 1. The molecule has 0 radical (unpaired) electrons. The van der Waals surface area contributed by atoms with Crippen molar-refractivity contribution in [1.82, 2.24) is 24.6 Å². The van der Waals surface area contributed by atoms with Gasteiger partial charge in [-0.05, 0) is 100 Å². The van der Waals surface area contributed by atoms with Crippen molar-refractivity contribution in [2.24, 2.45) is 22.7 Å². The predicted octanol–water partition coefficient (Wildman–Crippen LogP) is 4.29. The fourth-order valence-electron chi connectivity index (χ4n) is 14.4. The Hall–Kier alpha value is -3.70. The van der Waals surface area contributed by atoms with E-state index in [2.05, 4.69) is 76.3 Å². The molecule has 0 amide bonds. The van der Waals surface area contributed by atoms with Gasteiger partial charge in [0.25, 0.3) is 0 Å². The number of methoxy groups -OCH3 is 3. The Labute approximate surface area is 387 Å². The zero-order valence-corrected chi connectivity index (χ0v) is 40.5. The summed E-state index contributed by atoms with van der Waals surface area (Å²) < 4.78 is 24.4. The molecular formula is C50H69N5O9S. The van der Waals surface area contributed by atoms with Gasteiger partial charge in [-0.1, -0.05) is 32.1 Å². The number of allylic oxidation sites excluding steroid dienone is 1. The van der Waals surface area contributed by atoms with Gasteiger partial charge in [0.1, 0.15) is 5.41 Å². The number of carbonyl (C=O) groups excluding carboxylic acids is 3. The quantitative estimate of drug-likeness (QED) is 0.127. The first-order chi connectivity index (χ1) is 31.0. The Kier molecular flexibility index (Phi) is 12.0. The maximum Gasteiger partial charge on any atom is 0.344 e. The van der Waals surface area contributed by atoms with Crippen molar-refractivity contribution in [2.75, 3.05) is 87.5 Å². The van der Waals surface area contributed by atoms with Gasteiger partial charge in [0.05, 0.1) is 32.0 Å². The summed E-state index contributed by atoms with van der Waals surface area (Å²) in [4.78, 5) is 57.2. The first-order valence-electron chi connectivity index (χ1n) is 23.6. The fraction of sp³-hybridized carbons (Fsp3) is 0.660. The number of fused-ring (bicyclic) bond motifs is 6. The third-order valence-corrected chi connectivity index (χ3v) is 17.9. The van der Waals surface area contributed by atoms with Gasteiger partial charge in [-0.3, -0.25) is 19.4 Å². The lowest BCUT2D eigenvalue weighted by molar-refractivity contribution is -0.243. The topological polar surface area (TPSA) is 157 Å². The smallest absolute Gasteiger partial charge is 0.344 e. The molecule has 2 aliphatic carbocycles. The van der Waals surface area contributed by atoms with Crippen molar-refractivity contribution < 1.29 is 43.5 Å². The number of nitrogens with zero attached hydrogens (tertiary/aromatic N) is 4. The number of hydrogen-bond donors (Lipinski definition) is 3. The van der Waals surface area contributed by atoms with Crippen LogP contribution in [0, 0.1) is 22.7 Å². The number of aromatic nitrogens is 1. The largest absolute Gasteiger partial charge is 0.468 e. The minimum absolute atomic E-state index is 0.0810. The zero-order valence-electron chi connectivity index (χ0n) is 39.6. The van der Waals surface area contributed by atoms with Crippen LogP contribution in [0.15, 0.2) is 58.7 Å². The van der Waals surface area contributed by atoms with Gasteiger partial charge < -0.3 is 43.9 Å². The van der Waals surface area contributed by atoms with E-state index < -0.39 is 63.6 Å². The van der Waals surface area contributed by atoms with E-state index in [1.807, 2.05) is 37.6 Å². The summed E-state index contributed by atoms with van der Waals surface area (Å²) in [5.74, 6) is -1.62. The molecular weight excluding hydrogens is 847 g/mol. The van der Waals surface area contributed by atoms with Gasteiger partial charge in [-0.15, -0.1) is 11.8 Å². The van der Waals surface area contributed by atoms with Crippen LogP contribution in [-0.4, -0.2) is 176 Å². The molecule has 1 spiro atoms. The molecule has 3 saturated heterocycles. The van der Waals surface area contributed by atoms with Crippen LogP contribution in [0.1, 0.15) is 64.1 Å². The number of rotatable bonds is 11. The number of benzene rings is 1. The standard InChI is InChI=1S/C50H69N5O9S/c1-10-46(59)26-31-27-49(44(57)62-8,40-33(15-19-54(28-31)29-46)34-23-32(13-14-37(34)51-40)65-22-21-52(4)5)36-24-35-38(25-39(36)61-7)53(6)42-48(35)17-20-55-18-12-16-47(11-2,41(48)55)43(64-30(3)56)50(42,60)45(58)63-9/h12-14,16,23-25,31,36,39,41-43,51,59-60H,10-11,15,17-22,26-29H2,1-9H3/t31-,36?,39?,41+,42-,43-,46+,47-,48-,49+,50+/m1/s1. The number of carbonyl (C=O) groups is 3. The summed E-state index contributed by atoms with van der Waals surface area (Å²) in [5.41, 5.74) is -1.88. The Morgan fingerprint density at radius 1 is 1.00 bits per heavy atom. The van der Waals surface area contributed by atoms with Gasteiger partial charge in [0.2, 0.25) is 5.60 Å². The van der Waals surface area contributed by atoms with Crippen molar-refractivity contribution in [2.45, 2.75) is 105 Å². The van der Waals surface area contributed by atoms with Gasteiger partial charge >= 0.3 is 17.9 Å². The Morgan fingerprint density at radius 2 is 1.77 bits per heavy atom. The highest BCUT2D eigenvalue weighted by molar-refractivity contribution is 7.99. The molecule has 15 heteroatoms. The van der Waals surface area contributed by atoms with E-state index >= 15 is 4.79 Å². The van der Waals surface area contributed by atoms with Crippen LogP contribution in [-0.2, 0) is 45.2 Å². The molecule has 65 heavy (non-hydrogen) atoms. The molecule has 2 aromatic rings. The van der Waals surface area contributed by atoms with Crippen LogP contribution in [0.5, 0.6) is 0 Å². The molecule has 1 aromatic carbocycles. The van der Waals surface area contributed by atoms with E-state index in [-0.39, 0.29) is 17.9 Å². The Balaban J connectivity index is 1.31. The van der Waals surface area contributed by atoms with E-state index in [1.165, 1.54) is 21.1 Å². The van der Waals surface area contributed by atoms with Crippen LogP contribution < -0.4 is 0 Å². The number of ether oxygens (including phenoxy) is 4. The van der Waals surface area contributed by atoms with Crippen LogP contribution in [0.3, 0.4) is 0 Å². The maximum absolute atomic E-state index is 15.6. The molecule has 3 unspecified atom stereocenters. The van der Waals surface area contributed by atoms with E-state index in [0.29, 0.717) is 64.7 Å². The highest BCUT2D eigenvalue weighted by Gasteiger charge is 2.81. The summed E-state index contributed by atoms with van der Waals surface area (Å²) in [6, 6.07) is 5.35. The lowest BCUT2D eigenvalue weighted by atomic mass is 9.47. The molecule has 5 aliphatic heterocycles. The molecule has 1 aromatic heterocycles. The van der Waals surface area contributed by atoms with Gasteiger partial charge in [0, 0.05) is 110 Å². The number of H-pyrrole nitrogens is 1. The van der Waals surface area contributed by atoms with E-state index in [4.69, 9.17) is 18.9 Å². The molecule has 9 rings (SSSR count). The average molecular weight is 916 g/mol. The average Bonchev–Trinajstić information content (AvgIpc) is 3.95. The van der Waals surface area contributed by atoms with Crippen molar-refractivity contribution in [3.05, 3.63) is 65.0 Å². The lowest BCUT2D eigenvalue weighted by Crippen LogP contribution is -2.79. The second kappa shape index (κ2) is 16.8. The van der Waals surface area contributed by atoms with Gasteiger partial charge in [0.15, 0.2) is 6.10 Å². The molecule has 14 nitrogen and oxygen atoms in total. The normalized spacial score (nSPS) is 38.4. The Bertz CT molecular complexity index is 2330. The SMILES string of the molecule is CC[C@]1(O)C[C@H]2CN(CCc3c([nH]c4ccc(SCCN(C)C)cc34)[C@@](C(=O)OC)(C3C=C4C(=CC3OC)N(C)[C@H]3[C@@](O)(C(=O)OC)[C@H](OC(C)=O)[C@]5(CC)C=CCN6CC[C@]43[C@@H]65)C2)C1. The fourth-order valence-corrected chi connectivity index (χ4v) is 15.5. The number of aromatic amines is 1. The van der Waals surface area contributed by atoms with E-state index in [9.17, 15) is 19.8 Å². The molecule has 354 valence electrons. The first-order valence-corrected chi connectivity index (χ1v) is 24.6. The molecule has 1 saturated carbocycles. The van der Waals surface area contributed by atoms with Crippen molar-refractivity contribution in [3.8, 4) is 0 Å². The van der Waals surface area contributed by atoms with Gasteiger partial charge in [-0.25, -0.2) is 4.79 Å². The number of piperidine rings is 1. The van der Waals surface area contributed by atoms with E-state index in [0.717, 1.165) is 57.2 Å². The summed E-state index contributed by atoms with van der Waals surface area (Å²) in [7, 11) is 10.5. The predicted molar refractivity (Wildman–Crippen MR) is 248 cm³/mol. The van der Waals surface area contributed by atoms with Gasteiger partial charge in [-0.2, -0.15) is 0 Å². The minimum Gasteiger partial charge on any atom is -0.468 e. The van der Waals surface area contributed by atoms with Crippen molar-refractivity contribution >= 4 is 40.6 Å². The molecule has 6 heterocycles.